The zero-order valence-electron chi connectivity index (χ0n) is 14.7. The molecule has 1 amide bonds. The number of thioether (sulfide) groups is 1. The molecule has 1 unspecified atom stereocenters. The quantitative estimate of drug-likeness (QED) is 0.623. The molecule has 1 atom stereocenters. The van der Waals surface area contributed by atoms with Crippen molar-refractivity contribution in [1.82, 2.24) is 5.32 Å². The molecule has 0 fully saturated rings. The van der Waals surface area contributed by atoms with Crippen LogP contribution < -0.4 is 10.1 Å². The summed E-state index contributed by atoms with van der Waals surface area (Å²) in [5.41, 5.74) is 0.274. The molecular formula is C19H19ClF3NO3S. The Morgan fingerprint density at radius 2 is 1.79 bits per heavy atom. The van der Waals surface area contributed by atoms with Gasteiger partial charge in [0.2, 0.25) is 5.91 Å². The number of rotatable bonds is 9. The first-order valence-corrected chi connectivity index (χ1v) is 9.84. The third-order valence-corrected chi connectivity index (χ3v) is 4.83. The first-order valence-electron chi connectivity index (χ1n) is 8.31. The van der Waals surface area contributed by atoms with Crippen LogP contribution in [0.4, 0.5) is 13.2 Å². The van der Waals surface area contributed by atoms with Crippen LogP contribution in [0.2, 0.25) is 5.02 Å². The highest BCUT2D eigenvalue weighted by atomic mass is 35.5. The predicted molar refractivity (Wildman–Crippen MR) is 104 cm³/mol. The van der Waals surface area contributed by atoms with Crippen LogP contribution in [0.3, 0.4) is 0 Å². The van der Waals surface area contributed by atoms with E-state index < -0.39 is 17.8 Å². The van der Waals surface area contributed by atoms with E-state index in [9.17, 15) is 23.1 Å². The maximum atomic E-state index is 12.5. The van der Waals surface area contributed by atoms with Crippen molar-refractivity contribution in [2.75, 3.05) is 18.9 Å². The van der Waals surface area contributed by atoms with Crippen molar-refractivity contribution in [3.63, 3.8) is 0 Å². The summed E-state index contributed by atoms with van der Waals surface area (Å²) in [4.78, 5) is 11.8. The topological polar surface area (TPSA) is 58.6 Å². The Bertz CT molecular complexity index is 755. The molecular weight excluding hydrogens is 415 g/mol. The van der Waals surface area contributed by atoms with Crippen molar-refractivity contribution in [2.24, 2.45) is 0 Å². The Morgan fingerprint density at radius 3 is 2.39 bits per heavy atom. The maximum Gasteiger partial charge on any atom is 0.416 e. The van der Waals surface area contributed by atoms with Gasteiger partial charge < -0.3 is 15.2 Å². The predicted octanol–water partition coefficient (Wildman–Crippen LogP) is 4.15. The lowest BCUT2D eigenvalue weighted by Crippen LogP contribution is -2.36. The number of hydrogen-bond donors (Lipinski definition) is 2. The van der Waals surface area contributed by atoms with Crippen molar-refractivity contribution < 1.29 is 27.8 Å². The number of nitrogens with one attached hydrogen (secondary N) is 1. The van der Waals surface area contributed by atoms with E-state index in [4.69, 9.17) is 16.3 Å². The summed E-state index contributed by atoms with van der Waals surface area (Å²) in [6.45, 7) is -0.162. The number of alkyl halides is 3. The number of aliphatic hydroxyl groups is 1. The highest BCUT2D eigenvalue weighted by molar-refractivity contribution is 7.99. The van der Waals surface area contributed by atoms with E-state index in [2.05, 4.69) is 5.32 Å². The van der Waals surface area contributed by atoms with Crippen molar-refractivity contribution in [2.45, 2.75) is 18.0 Å². The van der Waals surface area contributed by atoms with Crippen LogP contribution in [0.15, 0.2) is 48.5 Å². The molecule has 9 heteroatoms. The average molecular weight is 434 g/mol. The number of aliphatic hydroxyl groups excluding tert-OH is 1. The Balaban J connectivity index is 1.62. The van der Waals surface area contributed by atoms with Crippen molar-refractivity contribution in [3.05, 3.63) is 64.7 Å². The fourth-order valence-corrected chi connectivity index (χ4v) is 3.06. The normalized spacial score (nSPS) is 12.5. The Labute approximate surface area is 170 Å². The molecule has 28 heavy (non-hydrogen) atoms. The zero-order chi connectivity index (χ0) is 20.6. The van der Waals surface area contributed by atoms with Gasteiger partial charge >= 0.3 is 6.18 Å². The second-order valence-corrected chi connectivity index (χ2v) is 7.33. The molecule has 2 N–H and O–H groups in total. The number of halogens is 4. The summed E-state index contributed by atoms with van der Waals surface area (Å²) in [6.07, 6.45) is -5.39. The summed E-state index contributed by atoms with van der Waals surface area (Å²) >= 11 is 7.23. The molecule has 0 bridgehead atoms. The highest BCUT2D eigenvalue weighted by Gasteiger charge is 2.30. The van der Waals surface area contributed by atoms with E-state index in [0.29, 0.717) is 10.8 Å². The minimum Gasteiger partial charge on any atom is -0.491 e. The molecule has 0 aromatic heterocycles. The Morgan fingerprint density at radius 1 is 1.14 bits per heavy atom. The van der Waals surface area contributed by atoms with Gasteiger partial charge in [0.25, 0.3) is 0 Å². The minimum absolute atomic E-state index is 0.0129. The van der Waals surface area contributed by atoms with Gasteiger partial charge in [-0.3, -0.25) is 4.79 Å². The number of ether oxygens (including phenoxy) is 1. The minimum atomic E-state index is -4.41. The highest BCUT2D eigenvalue weighted by Crippen LogP contribution is 2.30. The first kappa shape index (κ1) is 22.4. The summed E-state index contributed by atoms with van der Waals surface area (Å²) < 4.78 is 42.7. The monoisotopic (exact) mass is 433 g/mol. The molecule has 2 aromatic carbocycles. The second kappa shape index (κ2) is 10.6. The molecule has 152 valence electrons. The van der Waals surface area contributed by atoms with Crippen LogP contribution in [-0.4, -0.2) is 36.0 Å². The van der Waals surface area contributed by atoms with Gasteiger partial charge in [0.15, 0.2) is 0 Å². The zero-order valence-corrected chi connectivity index (χ0v) is 16.3. The number of amides is 1. The number of carbonyl (C=O) groups is 1. The van der Waals surface area contributed by atoms with Crippen LogP contribution in [0.5, 0.6) is 5.75 Å². The molecule has 0 saturated carbocycles. The van der Waals surface area contributed by atoms with Gasteiger partial charge in [0.1, 0.15) is 18.5 Å². The molecule has 0 heterocycles. The lowest BCUT2D eigenvalue weighted by atomic mass is 10.2. The summed E-state index contributed by atoms with van der Waals surface area (Å²) in [7, 11) is 0. The van der Waals surface area contributed by atoms with Gasteiger partial charge in [-0.15, -0.1) is 11.8 Å². The molecule has 0 aliphatic rings. The Hall–Kier alpha value is -1.90. The lowest BCUT2D eigenvalue weighted by molar-refractivity contribution is -0.137. The number of carbonyl (C=O) groups excluding carboxylic acids is 1. The number of benzene rings is 2. The van der Waals surface area contributed by atoms with Gasteiger partial charge in [-0.2, -0.15) is 13.2 Å². The van der Waals surface area contributed by atoms with Gasteiger partial charge in [-0.05, 0) is 42.0 Å². The largest absolute Gasteiger partial charge is 0.491 e. The summed E-state index contributed by atoms with van der Waals surface area (Å²) in [6, 6.07) is 11.5. The van der Waals surface area contributed by atoms with E-state index >= 15 is 0 Å². The van der Waals surface area contributed by atoms with E-state index in [1.165, 1.54) is 23.9 Å². The smallest absolute Gasteiger partial charge is 0.416 e. The lowest BCUT2D eigenvalue weighted by Gasteiger charge is -2.14. The van der Waals surface area contributed by atoms with E-state index in [0.717, 1.165) is 17.7 Å². The standard InChI is InChI=1S/C19H19ClF3NO3S/c20-15-5-1-13(2-6-15)11-28-12-18(26)24-9-16(25)10-27-17-7-3-14(4-8-17)19(21,22)23/h1-8,16,25H,9-12H2,(H,24,26). The number of hydrogen-bond acceptors (Lipinski definition) is 4. The fourth-order valence-electron chi connectivity index (χ4n) is 2.12. The molecule has 0 aliphatic heterocycles. The van der Waals surface area contributed by atoms with Gasteiger partial charge in [-0.1, -0.05) is 23.7 Å². The average Bonchev–Trinajstić information content (AvgIpc) is 2.66. The van der Waals surface area contributed by atoms with E-state index in [1.54, 1.807) is 12.1 Å². The van der Waals surface area contributed by atoms with E-state index in [1.807, 2.05) is 12.1 Å². The molecule has 4 nitrogen and oxygen atoms in total. The SMILES string of the molecule is O=C(CSCc1ccc(Cl)cc1)NCC(O)COc1ccc(C(F)(F)F)cc1. The van der Waals surface area contributed by atoms with Crippen molar-refractivity contribution >= 4 is 29.3 Å². The van der Waals surface area contributed by atoms with Crippen LogP contribution >= 0.6 is 23.4 Å². The third-order valence-electron chi connectivity index (χ3n) is 3.57. The van der Waals surface area contributed by atoms with Gasteiger partial charge in [0, 0.05) is 17.3 Å². The van der Waals surface area contributed by atoms with Crippen LogP contribution in [-0.2, 0) is 16.7 Å². The second-order valence-electron chi connectivity index (χ2n) is 5.91. The van der Waals surface area contributed by atoms with Gasteiger partial charge in [0.05, 0.1) is 11.3 Å². The van der Waals surface area contributed by atoms with Crippen molar-refractivity contribution in [3.8, 4) is 5.75 Å². The summed E-state index contributed by atoms with van der Waals surface area (Å²) in [5, 5.41) is 13.1. The molecule has 0 saturated heterocycles. The van der Waals surface area contributed by atoms with Crippen molar-refractivity contribution in [1.29, 1.82) is 0 Å². The van der Waals surface area contributed by atoms with E-state index in [-0.39, 0.29) is 30.6 Å². The summed E-state index contributed by atoms with van der Waals surface area (Å²) in [5.74, 6) is 0.865. The van der Waals surface area contributed by atoms with Crippen LogP contribution in [0.1, 0.15) is 11.1 Å². The van der Waals surface area contributed by atoms with Gasteiger partial charge in [-0.25, -0.2) is 0 Å². The molecule has 2 aromatic rings. The third kappa shape index (κ3) is 8.00. The molecule has 0 aliphatic carbocycles. The van der Waals surface area contributed by atoms with Crippen LogP contribution in [0, 0.1) is 0 Å². The maximum absolute atomic E-state index is 12.5. The fraction of sp³-hybridized carbons (Fsp3) is 0.316. The molecule has 0 radical (unpaired) electrons. The molecule has 0 spiro atoms. The first-order chi connectivity index (χ1) is 13.2. The Kier molecular flexibility index (Phi) is 8.47. The molecule has 2 rings (SSSR count). The van der Waals surface area contributed by atoms with Crippen LogP contribution in [0.25, 0.3) is 0 Å².